The van der Waals surface area contributed by atoms with Crippen LogP contribution in [0.5, 0.6) is 0 Å². The van der Waals surface area contributed by atoms with Gasteiger partial charge in [-0.05, 0) is 31.0 Å². The Labute approximate surface area is 123 Å². The highest BCUT2D eigenvalue weighted by Crippen LogP contribution is 2.16. The van der Waals surface area contributed by atoms with Crippen molar-refractivity contribution in [1.29, 1.82) is 0 Å². The standard InChI is InChI=1S/C16H18FNO3/c1-18(11-13-5-3-9-21-13)16(20)14-7-6-12(4-2-8-19)10-15(14)17/h6-7,10,13,19H,3,5,8-9,11H2,1H3. The largest absolute Gasteiger partial charge is 0.384 e. The van der Waals surface area contributed by atoms with Crippen LogP contribution in [-0.4, -0.2) is 48.8 Å². The minimum Gasteiger partial charge on any atom is -0.384 e. The van der Waals surface area contributed by atoms with Crippen molar-refractivity contribution < 1.29 is 19.0 Å². The van der Waals surface area contributed by atoms with Crippen LogP contribution < -0.4 is 0 Å². The van der Waals surface area contributed by atoms with Crippen molar-refractivity contribution in [3.8, 4) is 11.8 Å². The zero-order valence-corrected chi connectivity index (χ0v) is 11.9. The molecule has 4 nitrogen and oxygen atoms in total. The molecular formula is C16H18FNO3. The van der Waals surface area contributed by atoms with Crippen LogP contribution in [0.1, 0.15) is 28.8 Å². The smallest absolute Gasteiger partial charge is 0.256 e. The number of amides is 1. The van der Waals surface area contributed by atoms with Crippen LogP contribution >= 0.6 is 0 Å². The lowest BCUT2D eigenvalue weighted by Gasteiger charge is -2.21. The van der Waals surface area contributed by atoms with E-state index in [9.17, 15) is 9.18 Å². The summed E-state index contributed by atoms with van der Waals surface area (Å²) < 4.78 is 19.5. The van der Waals surface area contributed by atoms with Gasteiger partial charge in [0.25, 0.3) is 5.91 Å². The predicted molar refractivity (Wildman–Crippen MR) is 76.3 cm³/mol. The monoisotopic (exact) mass is 291 g/mol. The van der Waals surface area contributed by atoms with Crippen molar-refractivity contribution in [2.45, 2.75) is 18.9 Å². The number of benzene rings is 1. The fourth-order valence-electron chi connectivity index (χ4n) is 2.29. The first-order valence-electron chi connectivity index (χ1n) is 6.88. The average Bonchev–Trinajstić information content (AvgIpc) is 2.97. The Morgan fingerprint density at radius 1 is 1.57 bits per heavy atom. The third-order valence-corrected chi connectivity index (χ3v) is 3.36. The van der Waals surface area contributed by atoms with Gasteiger partial charge in [0, 0.05) is 25.8 Å². The third kappa shape index (κ3) is 4.03. The molecule has 5 heteroatoms. The molecule has 112 valence electrons. The maximum Gasteiger partial charge on any atom is 0.256 e. The maximum absolute atomic E-state index is 14.0. The molecule has 1 heterocycles. The Morgan fingerprint density at radius 3 is 3.00 bits per heavy atom. The number of aliphatic hydroxyl groups excluding tert-OH is 1. The molecule has 1 unspecified atom stereocenters. The van der Waals surface area contributed by atoms with Gasteiger partial charge in [-0.3, -0.25) is 4.79 Å². The van der Waals surface area contributed by atoms with Gasteiger partial charge in [-0.25, -0.2) is 4.39 Å². The number of nitrogens with zero attached hydrogens (tertiary/aromatic N) is 1. The summed E-state index contributed by atoms with van der Waals surface area (Å²) in [4.78, 5) is 13.7. The van der Waals surface area contributed by atoms with Crippen LogP contribution in [0, 0.1) is 17.7 Å². The summed E-state index contributed by atoms with van der Waals surface area (Å²) in [6.07, 6.45) is 1.96. The van der Waals surface area contributed by atoms with E-state index in [2.05, 4.69) is 11.8 Å². The van der Waals surface area contributed by atoms with E-state index in [-0.39, 0.29) is 24.2 Å². The van der Waals surface area contributed by atoms with Gasteiger partial charge in [-0.1, -0.05) is 11.8 Å². The molecule has 2 rings (SSSR count). The van der Waals surface area contributed by atoms with E-state index < -0.39 is 5.82 Å². The number of carbonyl (C=O) groups excluding carboxylic acids is 1. The van der Waals surface area contributed by atoms with Crippen LogP contribution in [0.25, 0.3) is 0 Å². The van der Waals surface area contributed by atoms with E-state index >= 15 is 0 Å². The highest BCUT2D eigenvalue weighted by molar-refractivity contribution is 5.94. The summed E-state index contributed by atoms with van der Waals surface area (Å²) in [6.45, 7) is 0.899. The second-order valence-corrected chi connectivity index (χ2v) is 4.98. The second-order valence-electron chi connectivity index (χ2n) is 4.98. The maximum atomic E-state index is 14.0. The summed E-state index contributed by atoms with van der Waals surface area (Å²) in [7, 11) is 1.64. The lowest BCUT2D eigenvalue weighted by atomic mass is 10.1. The first kappa shape index (κ1) is 15.5. The molecule has 1 aliphatic rings. The molecule has 1 atom stereocenters. The van der Waals surface area contributed by atoms with Gasteiger partial charge in [0.2, 0.25) is 0 Å². The number of ether oxygens (including phenoxy) is 1. The van der Waals surface area contributed by atoms with Gasteiger partial charge in [-0.15, -0.1) is 0 Å². The van der Waals surface area contributed by atoms with Crippen molar-refractivity contribution >= 4 is 5.91 Å². The molecule has 21 heavy (non-hydrogen) atoms. The van der Waals surface area contributed by atoms with E-state index in [0.717, 1.165) is 19.4 Å². The second kappa shape index (κ2) is 7.21. The minimum atomic E-state index is -0.607. The van der Waals surface area contributed by atoms with Crippen molar-refractivity contribution in [1.82, 2.24) is 4.90 Å². The van der Waals surface area contributed by atoms with Gasteiger partial charge in [0.15, 0.2) is 0 Å². The van der Waals surface area contributed by atoms with E-state index in [0.29, 0.717) is 12.1 Å². The third-order valence-electron chi connectivity index (χ3n) is 3.36. The first-order chi connectivity index (χ1) is 10.1. The van der Waals surface area contributed by atoms with Crippen molar-refractivity contribution in [3.63, 3.8) is 0 Å². The Morgan fingerprint density at radius 2 is 2.38 bits per heavy atom. The van der Waals surface area contributed by atoms with Gasteiger partial charge in [0.05, 0.1) is 11.7 Å². The zero-order chi connectivity index (χ0) is 15.2. The number of hydrogen-bond acceptors (Lipinski definition) is 3. The molecule has 0 bridgehead atoms. The van der Waals surface area contributed by atoms with Crippen molar-refractivity contribution in [2.75, 3.05) is 26.8 Å². The Hall–Kier alpha value is -1.90. The molecule has 0 saturated carbocycles. The van der Waals surface area contributed by atoms with Crippen LogP contribution in [0.15, 0.2) is 18.2 Å². The van der Waals surface area contributed by atoms with E-state index in [1.165, 1.54) is 17.0 Å². The molecule has 1 aromatic carbocycles. The quantitative estimate of drug-likeness (QED) is 0.857. The van der Waals surface area contributed by atoms with Crippen LogP contribution in [0.4, 0.5) is 4.39 Å². The SMILES string of the molecule is CN(CC1CCCO1)C(=O)c1ccc(C#CCO)cc1F. The van der Waals surface area contributed by atoms with Crippen LogP contribution in [0.2, 0.25) is 0 Å². The van der Waals surface area contributed by atoms with Gasteiger partial charge in [-0.2, -0.15) is 0 Å². The van der Waals surface area contributed by atoms with E-state index in [4.69, 9.17) is 9.84 Å². The fraction of sp³-hybridized carbons (Fsp3) is 0.438. The molecule has 1 aliphatic heterocycles. The topological polar surface area (TPSA) is 49.8 Å². The molecule has 1 fully saturated rings. The number of aliphatic hydroxyl groups is 1. The highest BCUT2D eigenvalue weighted by atomic mass is 19.1. The number of halogens is 1. The Balaban J connectivity index is 2.07. The van der Waals surface area contributed by atoms with E-state index in [1.54, 1.807) is 13.1 Å². The molecule has 1 saturated heterocycles. The Bertz CT molecular complexity index is 571. The molecule has 0 aliphatic carbocycles. The number of likely N-dealkylation sites (N-methyl/N-ethyl adjacent to an activating group) is 1. The fourth-order valence-corrected chi connectivity index (χ4v) is 2.29. The summed E-state index contributed by atoms with van der Waals surface area (Å²) >= 11 is 0. The van der Waals surface area contributed by atoms with Crippen molar-refractivity contribution in [2.24, 2.45) is 0 Å². The summed E-state index contributed by atoms with van der Waals surface area (Å²) in [6, 6.07) is 4.19. The zero-order valence-electron chi connectivity index (χ0n) is 11.9. The number of hydrogen-bond donors (Lipinski definition) is 1. The van der Waals surface area contributed by atoms with Gasteiger partial charge >= 0.3 is 0 Å². The number of rotatable bonds is 3. The van der Waals surface area contributed by atoms with Crippen molar-refractivity contribution in [3.05, 3.63) is 35.1 Å². The molecular weight excluding hydrogens is 273 g/mol. The van der Waals surface area contributed by atoms with Gasteiger partial charge < -0.3 is 14.7 Å². The Kier molecular flexibility index (Phi) is 5.32. The average molecular weight is 291 g/mol. The lowest BCUT2D eigenvalue weighted by Crippen LogP contribution is -2.34. The molecule has 1 aromatic rings. The lowest BCUT2D eigenvalue weighted by molar-refractivity contribution is 0.0583. The molecule has 0 aromatic heterocycles. The summed E-state index contributed by atoms with van der Waals surface area (Å²) in [5.74, 6) is 4.06. The first-order valence-corrected chi connectivity index (χ1v) is 6.88. The van der Waals surface area contributed by atoms with Gasteiger partial charge in [0.1, 0.15) is 12.4 Å². The predicted octanol–water partition coefficient (Wildman–Crippen LogP) is 1.42. The molecule has 0 radical (unpaired) electrons. The van der Waals surface area contributed by atoms with E-state index in [1.807, 2.05) is 0 Å². The van der Waals surface area contributed by atoms with Crippen LogP contribution in [0.3, 0.4) is 0 Å². The molecule has 1 amide bonds. The summed E-state index contributed by atoms with van der Waals surface area (Å²) in [5.41, 5.74) is 0.449. The normalized spacial score (nSPS) is 17.2. The highest BCUT2D eigenvalue weighted by Gasteiger charge is 2.22. The molecule has 0 spiro atoms. The van der Waals surface area contributed by atoms with Crippen LogP contribution in [-0.2, 0) is 4.74 Å². The minimum absolute atomic E-state index is 0.0186. The summed E-state index contributed by atoms with van der Waals surface area (Å²) in [5, 5.41) is 8.61. The molecule has 1 N–H and O–H groups in total. The number of carbonyl (C=O) groups is 1.